The van der Waals surface area contributed by atoms with Crippen LogP contribution in [0.3, 0.4) is 0 Å². The lowest BCUT2D eigenvalue weighted by molar-refractivity contribution is -0.302. The van der Waals surface area contributed by atoms with Crippen molar-refractivity contribution in [2.75, 3.05) is 19.8 Å². The van der Waals surface area contributed by atoms with Gasteiger partial charge in [-0.05, 0) is 70.6 Å². The van der Waals surface area contributed by atoms with Gasteiger partial charge in [0, 0.05) is 12.8 Å². The van der Waals surface area contributed by atoms with E-state index in [1.807, 2.05) is 6.08 Å². The molecule has 1 saturated heterocycles. The van der Waals surface area contributed by atoms with Crippen LogP contribution in [0.2, 0.25) is 0 Å². The number of esters is 1. The second-order valence-corrected chi connectivity index (χ2v) is 20.7. The van der Waals surface area contributed by atoms with Gasteiger partial charge in [-0.1, -0.05) is 224 Å². The van der Waals surface area contributed by atoms with Crippen molar-refractivity contribution in [1.29, 1.82) is 0 Å². The van der Waals surface area contributed by atoms with Gasteiger partial charge in [0.25, 0.3) is 0 Å². The molecule has 7 atom stereocenters. The van der Waals surface area contributed by atoms with Gasteiger partial charge >= 0.3 is 5.97 Å². The number of aliphatic hydroxyl groups excluding tert-OH is 5. The molecule has 6 N–H and O–H groups in total. The highest BCUT2D eigenvalue weighted by Crippen LogP contribution is 2.23. The maximum absolute atomic E-state index is 13.0. The van der Waals surface area contributed by atoms with Crippen LogP contribution < -0.4 is 5.32 Å². The van der Waals surface area contributed by atoms with E-state index in [1.54, 1.807) is 6.08 Å². The van der Waals surface area contributed by atoms with Crippen molar-refractivity contribution in [3.05, 3.63) is 36.5 Å². The summed E-state index contributed by atoms with van der Waals surface area (Å²) in [4.78, 5) is 25.1. The molecule has 1 aliphatic rings. The number of nitrogens with one attached hydrogen (secondary N) is 1. The van der Waals surface area contributed by atoms with Gasteiger partial charge in [-0.25, -0.2) is 0 Å². The second kappa shape index (κ2) is 50.1. The van der Waals surface area contributed by atoms with Crippen LogP contribution in [0.4, 0.5) is 0 Å². The molecule has 7 unspecified atom stereocenters. The molecular weight excluding hydrogens is 895 g/mol. The fraction of sp³-hybridized carbons (Fsp3) is 0.867. The number of rotatable bonds is 51. The summed E-state index contributed by atoms with van der Waals surface area (Å²) in [5.41, 5.74) is 0. The maximum Gasteiger partial charge on any atom is 0.305 e. The highest BCUT2D eigenvalue weighted by Gasteiger charge is 2.44. The van der Waals surface area contributed by atoms with E-state index in [2.05, 4.69) is 43.5 Å². The van der Waals surface area contributed by atoms with E-state index in [0.29, 0.717) is 19.4 Å². The Balaban J connectivity index is 2.06. The molecule has 0 aromatic heterocycles. The van der Waals surface area contributed by atoms with Crippen LogP contribution in [0.5, 0.6) is 0 Å². The Morgan fingerprint density at radius 1 is 0.521 bits per heavy atom. The lowest BCUT2D eigenvalue weighted by atomic mass is 9.99. The lowest BCUT2D eigenvalue weighted by Crippen LogP contribution is -2.60. The lowest BCUT2D eigenvalue weighted by Gasteiger charge is -2.40. The van der Waals surface area contributed by atoms with Crippen LogP contribution in [0.15, 0.2) is 36.5 Å². The highest BCUT2D eigenvalue weighted by atomic mass is 16.7. The topological polar surface area (TPSA) is 175 Å². The van der Waals surface area contributed by atoms with Crippen LogP contribution in [0.25, 0.3) is 0 Å². The van der Waals surface area contributed by atoms with E-state index in [-0.39, 0.29) is 18.5 Å². The number of allylic oxidation sites excluding steroid dienone is 5. The Hall–Kier alpha value is -2.12. The van der Waals surface area contributed by atoms with Gasteiger partial charge in [0.1, 0.15) is 24.4 Å². The summed E-state index contributed by atoms with van der Waals surface area (Å²) in [5.74, 6) is -0.229. The molecule has 1 amide bonds. The molecule has 1 heterocycles. The number of carbonyl (C=O) groups is 2. The van der Waals surface area contributed by atoms with Gasteiger partial charge in [-0.15, -0.1) is 0 Å². The zero-order valence-corrected chi connectivity index (χ0v) is 45.7. The Kier molecular flexibility index (Phi) is 47.2. The molecule has 0 spiro atoms. The zero-order chi connectivity index (χ0) is 51.7. The first-order chi connectivity index (χ1) is 34.7. The van der Waals surface area contributed by atoms with Gasteiger partial charge in [-0.3, -0.25) is 9.59 Å². The Bertz CT molecular complexity index is 1280. The third kappa shape index (κ3) is 39.9. The Labute approximate surface area is 434 Å². The van der Waals surface area contributed by atoms with Gasteiger partial charge < -0.3 is 45.1 Å². The number of ether oxygens (including phenoxy) is 3. The van der Waals surface area contributed by atoms with Crippen LogP contribution in [0, 0.1) is 0 Å². The molecule has 0 aromatic carbocycles. The fourth-order valence-electron chi connectivity index (χ4n) is 9.23. The minimum absolute atomic E-state index is 0.0287. The molecule has 1 aliphatic heterocycles. The maximum atomic E-state index is 13.0. The van der Waals surface area contributed by atoms with Gasteiger partial charge in [0.15, 0.2) is 6.29 Å². The molecule has 1 fully saturated rings. The molecule has 0 radical (unpaired) electrons. The van der Waals surface area contributed by atoms with Crippen molar-refractivity contribution >= 4 is 11.9 Å². The summed E-state index contributed by atoms with van der Waals surface area (Å²) in [5, 5.41) is 54.2. The monoisotopic (exact) mass is 1010 g/mol. The number of hydrogen-bond acceptors (Lipinski definition) is 10. The number of amides is 1. The van der Waals surface area contributed by atoms with Crippen LogP contribution in [-0.4, -0.2) is 100 Å². The summed E-state index contributed by atoms with van der Waals surface area (Å²) in [7, 11) is 0. The van der Waals surface area contributed by atoms with Gasteiger partial charge in [0.2, 0.25) is 5.91 Å². The minimum atomic E-state index is -1.58. The molecule has 0 bridgehead atoms. The predicted molar refractivity (Wildman–Crippen MR) is 292 cm³/mol. The van der Waals surface area contributed by atoms with Crippen molar-refractivity contribution in [2.24, 2.45) is 0 Å². The molecule has 1 rings (SSSR count). The number of aliphatic hydroxyl groups is 5. The molecule has 0 saturated carbocycles. The van der Waals surface area contributed by atoms with Crippen molar-refractivity contribution in [3.8, 4) is 0 Å². The molecule has 0 aliphatic carbocycles. The average Bonchev–Trinajstić information content (AvgIpc) is 3.37. The van der Waals surface area contributed by atoms with Crippen molar-refractivity contribution in [1.82, 2.24) is 5.32 Å². The first-order valence-corrected chi connectivity index (χ1v) is 29.8. The number of unbranched alkanes of at least 4 members (excludes halogenated alkanes) is 33. The number of hydrogen-bond donors (Lipinski definition) is 6. The SMILES string of the molecule is CCCCCCCCC/C=C/C(O)C(COC1OC(CO)C(O)C(O)C1O)NC(=O)CCCCCCCCC/C=C\C/C=C\CCCCCOC(=O)CCCCCCCCCCCCCCCCCCC. The van der Waals surface area contributed by atoms with Crippen molar-refractivity contribution < 1.29 is 49.3 Å². The standard InChI is InChI=1S/C60H111NO10/c1-3-5-7-9-11-13-14-15-16-18-22-25-28-32-36-40-44-48-56(65)69-49-45-41-37-33-29-26-23-20-17-19-21-24-27-31-35-39-43-47-55(64)61-52(53(63)46-42-38-34-30-12-10-8-6-4-2)51-70-60-59(68)58(67)57(66)54(50-62)71-60/h17,20,26,29,42,46,52-54,57-60,62-63,66-68H,3-16,18-19,21-25,27-28,30-41,43-45,47-51H2,1-2H3,(H,61,64)/b20-17-,29-26-,46-42+. The quantitative estimate of drug-likeness (QED) is 0.0195. The summed E-state index contributed by atoms with van der Waals surface area (Å²) < 4.78 is 16.7. The van der Waals surface area contributed by atoms with Crippen molar-refractivity contribution in [3.63, 3.8) is 0 Å². The largest absolute Gasteiger partial charge is 0.466 e. The first kappa shape index (κ1) is 66.9. The van der Waals surface area contributed by atoms with Crippen molar-refractivity contribution in [2.45, 2.75) is 314 Å². The average molecular weight is 1010 g/mol. The number of carbonyl (C=O) groups excluding carboxylic acids is 2. The molecule has 11 heteroatoms. The fourth-order valence-corrected chi connectivity index (χ4v) is 9.23. The van der Waals surface area contributed by atoms with E-state index >= 15 is 0 Å². The van der Waals surface area contributed by atoms with E-state index in [9.17, 15) is 35.1 Å². The molecule has 71 heavy (non-hydrogen) atoms. The molecule has 0 aromatic rings. The van der Waals surface area contributed by atoms with E-state index in [1.165, 1.54) is 148 Å². The van der Waals surface area contributed by atoms with Gasteiger partial charge in [0.05, 0.1) is 32.0 Å². The third-order valence-corrected chi connectivity index (χ3v) is 14.0. The smallest absolute Gasteiger partial charge is 0.305 e. The molecular formula is C60H111NO10. The summed E-state index contributed by atoms with van der Waals surface area (Å²) in [6.45, 7) is 4.26. The second-order valence-electron chi connectivity index (χ2n) is 20.7. The molecule has 11 nitrogen and oxygen atoms in total. The van der Waals surface area contributed by atoms with E-state index in [4.69, 9.17) is 14.2 Å². The van der Waals surface area contributed by atoms with Gasteiger partial charge in [-0.2, -0.15) is 0 Å². The first-order valence-electron chi connectivity index (χ1n) is 29.8. The molecule has 416 valence electrons. The summed E-state index contributed by atoms with van der Waals surface area (Å²) in [6, 6.07) is -0.821. The van der Waals surface area contributed by atoms with E-state index in [0.717, 1.165) is 96.3 Å². The van der Waals surface area contributed by atoms with Crippen LogP contribution >= 0.6 is 0 Å². The summed E-state index contributed by atoms with van der Waals surface area (Å²) in [6.07, 6.45) is 51.1. The Morgan fingerprint density at radius 2 is 0.944 bits per heavy atom. The van der Waals surface area contributed by atoms with Crippen LogP contribution in [-0.2, 0) is 23.8 Å². The minimum Gasteiger partial charge on any atom is -0.466 e. The summed E-state index contributed by atoms with van der Waals surface area (Å²) >= 11 is 0. The Morgan fingerprint density at radius 3 is 1.42 bits per heavy atom. The van der Waals surface area contributed by atoms with Crippen LogP contribution in [0.1, 0.15) is 271 Å². The zero-order valence-electron chi connectivity index (χ0n) is 45.7. The highest BCUT2D eigenvalue weighted by molar-refractivity contribution is 5.76. The predicted octanol–water partition coefficient (Wildman–Crippen LogP) is 13.5. The third-order valence-electron chi connectivity index (χ3n) is 14.0. The van der Waals surface area contributed by atoms with E-state index < -0.39 is 49.5 Å². The normalized spacial score (nSPS) is 19.3.